The van der Waals surface area contributed by atoms with Crippen LogP contribution < -0.4 is 5.32 Å². The van der Waals surface area contributed by atoms with E-state index in [0.717, 1.165) is 32.2 Å². The van der Waals surface area contributed by atoms with Crippen molar-refractivity contribution in [3.63, 3.8) is 0 Å². The third-order valence-corrected chi connectivity index (χ3v) is 3.00. The Kier molecular flexibility index (Phi) is 2.10. The molecule has 12 heavy (non-hydrogen) atoms. The number of ether oxygens (including phenoxy) is 1. The summed E-state index contributed by atoms with van der Waals surface area (Å²) in [4.78, 5) is 2.23. The van der Waals surface area contributed by atoms with Gasteiger partial charge in [0, 0.05) is 32.2 Å². The molecule has 0 spiro atoms. The summed E-state index contributed by atoms with van der Waals surface area (Å²) in [6, 6.07) is 0. The van der Waals surface area contributed by atoms with Gasteiger partial charge in [-0.25, -0.2) is 0 Å². The first-order valence-electron chi connectivity index (χ1n) is 4.72. The summed E-state index contributed by atoms with van der Waals surface area (Å²) in [5.74, 6) is 0.750. The first-order chi connectivity index (χ1) is 5.73. The molecule has 1 N–H and O–H groups in total. The summed E-state index contributed by atoms with van der Waals surface area (Å²) < 4.78 is 5.87. The molecule has 0 saturated carbocycles. The zero-order valence-corrected chi connectivity index (χ0v) is 7.97. The number of hydrogen-bond donors (Lipinski definition) is 1. The second kappa shape index (κ2) is 2.98. The summed E-state index contributed by atoms with van der Waals surface area (Å²) >= 11 is 0. The minimum Gasteiger partial charge on any atom is -0.372 e. The average molecular weight is 170 g/mol. The van der Waals surface area contributed by atoms with E-state index in [1.54, 1.807) is 0 Å². The maximum absolute atomic E-state index is 5.87. The number of hydrogen-bond acceptors (Lipinski definition) is 3. The summed E-state index contributed by atoms with van der Waals surface area (Å²) in [5.41, 5.74) is 0.142. The molecule has 70 valence electrons. The van der Waals surface area contributed by atoms with Gasteiger partial charge in [0.1, 0.15) is 0 Å². The Balaban J connectivity index is 2.06. The highest BCUT2D eigenvalue weighted by atomic mass is 16.5. The summed E-state index contributed by atoms with van der Waals surface area (Å²) in [6.45, 7) is 4.20. The maximum Gasteiger partial charge on any atom is 0.0972 e. The highest BCUT2D eigenvalue weighted by Gasteiger charge is 2.47. The fourth-order valence-electron chi connectivity index (χ4n) is 2.49. The molecule has 0 bridgehead atoms. The SMILES string of the molecule is CN(C)CC12CNCC1CCO2. The van der Waals surface area contributed by atoms with Crippen molar-refractivity contribution in [2.45, 2.75) is 12.0 Å². The molecule has 0 aromatic carbocycles. The molecule has 2 unspecified atom stereocenters. The van der Waals surface area contributed by atoms with Crippen molar-refractivity contribution in [1.82, 2.24) is 10.2 Å². The monoisotopic (exact) mass is 170 g/mol. The van der Waals surface area contributed by atoms with Crippen molar-refractivity contribution in [3.8, 4) is 0 Å². The van der Waals surface area contributed by atoms with Gasteiger partial charge in [-0.05, 0) is 20.5 Å². The minimum atomic E-state index is 0.142. The molecule has 3 heteroatoms. The van der Waals surface area contributed by atoms with Crippen LogP contribution in [0.2, 0.25) is 0 Å². The zero-order valence-electron chi connectivity index (χ0n) is 7.97. The van der Waals surface area contributed by atoms with Crippen LogP contribution in [0.25, 0.3) is 0 Å². The molecule has 2 atom stereocenters. The highest BCUT2D eigenvalue weighted by Crippen LogP contribution is 2.35. The van der Waals surface area contributed by atoms with Gasteiger partial charge in [-0.15, -0.1) is 0 Å². The van der Waals surface area contributed by atoms with Crippen molar-refractivity contribution >= 4 is 0 Å². The van der Waals surface area contributed by atoms with E-state index in [1.165, 1.54) is 6.42 Å². The summed E-state index contributed by atoms with van der Waals surface area (Å²) in [5, 5.41) is 3.42. The van der Waals surface area contributed by atoms with Gasteiger partial charge in [0.05, 0.1) is 5.60 Å². The van der Waals surface area contributed by atoms with Gasteiger partial charge in [-0.1, -0.05) is 0 Å². The lowest BCUT2D eigenvalue weighted by Crippen LogP contribution is -2.45. The van der Waals surface area contributed by atoms with Crippen LogP contribution >= 0.6 is 0 Å². The van der Waals surface area contributed by atoms with Gasteiger partial charge in [-0.2, -0.15) is 0 Å². The van der Waals surface area contributed by atoms with E-state index < -0.39 is 0 Å². The molecular formula is C9H18N2O. The Morgan fingerprint density at radius 2 is 2.42 bits per heavy atom. The Morgan fingerprint density at radius 1 is 1.58 bits per heavy atom. The molecule has 0 amide bonds. The van der Waals surface area contributed by atoms with Crippen LogP contribution in [0.1, 0.15) is 6.42 Å². The molecule has 0 aliphatic carbocycles. The maximum atomic E-state index is 5.87. The average Bonchev–Trinajstić information content (AvgIpc) is 2.42. The quantitative estimate of drug-likeness (QED) is 0.627. The molecule has 2 rings (SSSR count). The Labute approximate surface area is 74.1 Å². The van der Waals surface area contributed by atoms with Gasteiger partial charge in [0.25, 0.3) is 0 Å². The smallest absolute Gasteiger partial charge is 0.0972 e. The van der Waals surface area contributed by atoms with Crippen molar-refractivity contribution in [3.05, 3.63) is 0 Å². The number of rotatable bonds is 2. The number of nitrogens with one attached hydrogen (secondary N) is 1. The van der Waals surface area contributed by atoms with E-state index in [-0.39, 0.29) is 5.60 Å². The van der Waals surface area contributed by atoms with E-state index in [4.69, 9.17) is 4.74 Å². The largest absolute Gasteiger partial charge is 0.372 e. The van der Waals surface area contributed by atoms with Gasteiger partial charge in [0.15, 0.2) is 0 Å². The van der Waals surface area contributed by atoms with E-state index in [2.05, 4.69) is 24.3 Å². The lowest BCUT2D eigenvalue weighted by atomic mass is 9.90. The minimum absolute atomic E-state index is 0.142. The van der Waals surface area contributed by atoms with Gasteiger partial charge >= 0.3 is 0 Å². The van der Waals surface area contributed by atoms with Crippen LogP contribution in [-0.4, -0.2) is 50.8 Å². The second-order valence-corrected chi connectivity index (χ2v) is 4.27. The molecule has 2 saturated heterocycles. The normalized spacial score (nSPS) is 40.8. The molecule has 2 aliphatic rings. The topological polar surface area (TPSA) is 24.5 Å². The number of fused-ring (bicyclic) bond motifs is 1. The highest BCUT2D eigenvalue weighted by molar-refractivity contribution is 5.01. The summed E-state index contributed by atoms with van der Waals surface area (Å²) in [6.07, 6.45) is 1.24. The Morgan fingerprint density at radius 3 is 3.17 bits per heavy atom. The Bertz CT molecular complexity index is 160. The standard InChI is InChI=1S/C9H18N2O/c1-11(2)7-9-6-10-5-8(9)3-4-12-9/h8,10H,3-7H2,1-2H3. The first-order valence-corrected chi connectivity index (χ1v) is 4.72. The van der Waals surface area contributed by atoms with Gasteiger partial charge in [-0.3, -0.25) is 0 Å². The third kappa shape index (κ3) is 1.26. The molecule has 2 heterocycles. The molecule has 3 nitrogen and oxygen atoms in total. The Hall–Kier alpha value is -0.120. The van der Waals surface area contributed by atoms with Gasteiger partial charge < -0.3 is 15.0 Å². The van der Waals surface area contributed by atoms with Crippen molar-refractivity contribution < 1.29 is 4.74 Å². The van der Waals surface area contributed by atoms with Crippen molar-refractivity contribution in [1.29, 1.82) is 0 Å². The molecule has 0 aromatic heterocycles. The fraction of sp³-hybridized carbons (Fsp3) is 1.00. The molecular weight excluding hydrogens is 152 g/mol. The predicted octanol–water partition coefficient (Wildman–Crippen LogP) is -0.0735. The number of nitrogens with zero attached hydrogens (tertiary/aromatic N) is 1. The first kappa shape index (κ1) is 8.48. The van der Waals surface area contributed by atoms with E-state index >= 15 is 0 Å². The van der Waals surface area contributed by atoms with Crippen LogP contribution in [0.5, 0.6) is 0 Å². The summed E-state index contributed by atoms with van der Waals surface area (Å²) in [7, 11) is 4.23. The van der Waals surface area contributed by atoms with E-state index in [9.17, 15) is 0 Å². The zero-order chi connectivity index (χ0) is 8.60. The van der Waals surface area contributed by atoms with Crippen LogP contribution in [0.3, 0.4) is 0 Å². The molecule has 2 aliphatic heterocycles. The van der Waals surface area contributed by atoms with Crippen molar-refractivity contribution in [2.75, 3.05) is 40.3 Å². The number of likely N-dealkylation sites (N-methyl/N-ethyl adjacent to an activating group) is 1. The van der Waals surface area contributed by atoms with E-state index in [1.807, 2.05) is 0 Å². The van der Waals surface area contributed by atoms with Gasteiger partial charge in [0.2, 0.25) is 0 Å². The third-order valence-electron chi connectivity index (χ3n) is 3.00. The van der Waals surface area contributed by atoms with Crippen LogP contribution in [0, 0.1) is 5.92 Å². The molecule has 2 fully saturated rings. The predicted molar refractivity (Wildman–Crippen MR) is 48.2 cm³/mol. The van der Waals surface area contributed by atoms with E-state index in [0.29, 0.717) is 0 Å². The molecule has 0 radical (unpaired) electrons. The van der Waals surface area contributed by atoms with Crippen LogP contribution in [0.4, 0.5) is 0 Å². The van der Waals surface area contributed by atoms with Crippen molar-refractivity contribution in [2.24, 2.45) is 5.92 Å². The van der Waals surface area contributed by atoms with Crippen LogP contribution in [0.15, 0.2) is 0 Å². The lowest BCUT2D eigenvalue weighted by Gasteiger charge is -2.30. The lowest BCUT2D eigenvalue weighted by molar-refractivity contribution is -0.0151. The fourth-order valence-corrected chi connectivity index (χ4v) is 2.49. The van der Waals surface area contributed by atoms with Crippen LogP contribution in [-0.2, 0) is 4.74 Å². The molecule has 0 aromatic rings. The second-order valence-electron chi connectivity index (χ2n) is 4.27.